The standard InChI is InChI=1S/C37H40N2O6/c1-38-14-12-24-19-32(42-4)33-21-27(24)28(38)16-23-8-11-30(40)31(18-23)44-26-9-6-22(7-10-26)17-29-35-25(13-15-39(29,2)3)20-34(43-5)36(41)37(35)45-33/h6-11,18-21,28-29H,12-17H2,1-5H3,(H-,40,41)/p+1/t28-,29+/m1/s1. The van der Waals surface area contributed by atoms with Crippen LogP contribution < -0.4 is 18.9 Å². The number of benzene rings is 4. The number of aromatic hydroxyl groups is 2. The van der Waals surface area contributed by atoms with E-state index < -0.39 is 0 Å². The van der Waals surface area contributed by atoms with Gasteiger partial charge in [0.2, 0.25) is 5.75 Å². The maximum absolute atomic E-state index is 11.7. The molecule has 2 atom stereocenters. The average molecular weight is 610 g/mol. The fourth-order valence-electron chi connectivity index (χ4n) is 7.27. The Labute approximate surface area is 264 Å². The van der Waals surface area contributed by atoms with E-state index in [4.69, 9.17) is 18.9 Å². The molecule has 0 radical (unpaired) electrons. The molecule has 0 saturated carbocycles. The first-order chi connectivity index (χ1) is 21.6. The molecule has 4 aliphatic rings. The minimum atomic E-state index is -0.00799. The van der Waals surface area contributed by atoms with Crippen molar-refractivity contribution >= 4 is 0 Å². The molecule has 4 aromatic rings. The first-order valence-electron chi connectivity index (χ1n) is 15.6. The Morgan fingerprint density at radius 1 is 0.800 bits per heavy atom. The Kier molecular flexibility index (Phi) is 7.29. The van der Waals surface area contributed by atoms with Crippen LogP contribution in [0.15, 0.2) is 60.7 Å². The predicted molar refractivity (Wildman–Crippen MR) is 172 cm³/mol. The zero-order chi connectivity index (χ0) is 31.5. The highest BCUT2D eigenvalue weighted by Crippen LogP contribution is 2.52. The number of methoxy groups -OCH3 is 2. The molecule has 6 bridgehead atoms. The lowest BCUT2D eigenvalue weighted by Crippen LogP contribution is -2.48. The van der Waals surface area contributed by atoms with Crippen LogP contribution in [-0.4, -0.2) is 68.0 Å². The topological polar surface area (TPSA) is 80.6 Å². The van der Waals surface area contributed by atoms with E-state index in [0.717, 1.165) is 64.7 Å². The van der Waals surface area contributed by atoms with Crippen LogP contribution in [0.2, 0.25) is 0 Å². The van der Waals surface area contributed by atoms with Crippen LogP contribution >= 0.6 is 0 Å². The number of phenols is 2. The molecule has 45 heavy (non-hydrogen) atoms. The summed E-state index contributed by atoms with van der Waals surface area (Å²) in [6.07, 6.45) is 3.13. The molecule has 8 heteroatoms. The molecule has 0 unspecified atom stereocenters. The predicted octanol–water partition coefficient (Wildman–Crippen LogP) is 6.70. The van der Waals surface area contributed by atoms with Gasteiger partial charge in [0, 0.05) is 25.4 Å². The summed E-state index contributed by atoms with van der Waals surface area (Å²) in [6, 6.07) is 19.8. The third kappa shape index (κ3) is 5.22. The highest BCUT2D eigenvalue weighted by Gasteiger charge is 2.41. The second-order valence-corrected chi connectivity index (χ2v) is 13.1. The van der Waals surface area contributed by atoms with Crippen LogP contribution in [0.5, 0.6) is 46.0 Å². The largest absolute Gasteiger partial charge is 0.504 e. The Morgan fingerprint density at radius 3 is 2.29 bits per heavy atom. The van der Waals surface area contributed by atoms with Gasteiger partial charge in [0.05, 0.1) is 40.4 Å². The molecule has 4 aliphatic heterocycles. The van der Waals surface area contributed by atoms with Crippen molar-refractivity contribution in [3.63, 3.8) is 0 Å². The van der Waals surface area contributed by atoms with E-state index in [9.17, 15) is 10.2 Å². The highest BCUT2D eigenvalue weighted by atomic mass is 16.5. The summed E-state index contributed by atoms with van der Waals surface area (Å²) in [5.41, 5.74) is 6.63. The summed E-state index contributed by atoms with van der Waals surface area (Å²) < 4.78 is 25.4. The number of likely N-dealkylation sites (N-methyl/N-ethyl adjacent to an activating group) is 2. The number of fused-ring (bicyclic) bond motifs is 2. The Bertz CT molecular complexity index is 1770. The highest BCUT2D eigenvalue weighted by molar-refractivity contribution is 5.62. The van der Waals surface area contributed by atoms with Crippen molar-refractivity contribution in [3.05, 3.63) is 94.0 Å². The normalized spacial score (nSPS) is 20.2. The SMILES string of the molecule is COc1cc2c3cc1Oc1c(O)c(OC)cc4c1[C@H](Cc1ccc(cc1)Oc1cc(ccc1O)C[C@H]3N(C)CC2)[N+](C)(C)CC4. The molecule has 0 aromatic heterocycles. The Balaban J connectivity index is 1.46. The van der Waals surface area contributed by atoms with Crippen LogP contribution in [0, 0.1) is 0 Å². The van der Waals surface area contributed by atoms with Gasteiger partial charge in [0.15, 0.2) is 34.5 Å². The fraction of sp³-hybridized carbons (Fsp3) is 0.351. The molecular formula is C37H41N2O6+. The molecule has 0 amide bonds. The van der Waals surface area contributed by atoms with Crippen molar-refractivity contribution in [1.82, 2.24) is 4.90 Å². The third-order valence-electron chi connectivity index (χ3n) is 9.99. The molecule has 2 N–H and O–H groups in total. The number of rotatable bonds is 2. The van der Waals surface area contributed by atoms with E-state index in [1.165, 1.54) is 5.56 Å². The summed E-state index contributed by atoms with van der Waals surface area (Å²) in [4.78, 5) is 2.35. The van der Waals surface area contributed by atoms with Crippen molar-refractivity contribution in [1.29, 1.82) is 0 Å². The lowest BCUT2D eigenvalue weighted by atomic mass is 9.86. The van der Waals surface area contributed by atoms with E-state index in [1.807, 2.05) is 30.3 Å². The number of hydrogen-bond acceptors (Lipinski definition) is 7. The second-order valence-electron chi connectivity index (χ2n) is 13.1. The Hall–Kier alpha value is -4.40. The van der Waals surface area contributed by atoms with Crippen molar-refractivity contribution in [2.45, 2.75) is 37.8 Å². The molecule has 8 rings (SSSR count). The molecule has 4 heterocycles. The summed E-state index contributed by atoms with van der Waals surface area (Å²) in [7, 11) is 9.84. The van der Waals surface area contributed by atoms with E-state index in [1.54, 1.807) is 20.3 Å². The quantitative estimate of drug-likeness (QED) is 0.245. The van der Waals surface area contributed by atoms with Gasteiger partial charge in [0.25, 0.3) is 0 Å². The van der Waals surface area contributed by atoms with Crippen LogP contribution in [0.25, 0.3) is 0 Å². The second kappa shape index (κ2) is 11.2. The van der Waals surface area contributed by atoms with Gasteiger partial charge in [-0.2, -0.15) is 0 Å². The van der Waals surface area contributed by atoms with Gasteiger partial charge in [0.1, 0.15) is 11.8 Å². The smallest absolute Gasteiger partial charge is 0.201 e. The lowest BCUT2D eigenvalue weighted by Gasteiger charge is -2.43. The summed E-state index contributed by atoms with van der Waals surface area (Å²) >= 11 is 0. The lowest BCUT2D eigenvalue weighted by molar-refractivity contribution is -0.923. The van der Waals surface area contributed by atoms with Gasteiger partial charge in [-0.05, 0) is 90.2 Å². The van der Waals surface area contributed by atoms with Crippen molar-refractivity contribution < 1.29 is 33.6 Å². The molecule has 4 aromatic carbocycles. The average Bonchev–Trinajstić information content (AvgIpc) is 3.03. The number of phenolic OH excluding ortho intramolecular Hbond substituents is 2. The molecule has 0 saturated heterocycles. The van der Waals surface area contributed by atoms with Crippen molar-refractivity contribution in [2.24, 2.45) is 0 Å². The van der Waals surface area contributed by atoms with Crippen LogP contribution in [0.4, 0.5) is 0 Å². The van der Waals surface area contributed by atoms with Gasteiger partial charge < -0.3 is 33.6 Å². The van der Waals surface area contributed by atoms with Gasteiger partial charge in [-0.25, -0.2) is 0 Å². The van der Waals surface area contributed by atoms with Gasteiger partial charge in [-0.1, -0.05) is 18.2 Å². The molecule has 0 aliphatic carbocycles. The third-order valence-corrected chi connectivity index (χ3v) is 9.99. The number of ether oxygens (including phenoxy) is 4. The zero-order valence-corrected chi connectivity index (χ0v) is 26.6. The Morgan fingerprint density at radius 2 is 1.53 bits per heavy atom. The number of quaternary nitrogens is 1. The van der Waals surface area contributed by atoms with Crippen LogP contribution in [0.1, 0.15) is 45.5 Å². The van der Waals surface area contributed by atoms with Gasteiger partial charge in [-0.15, -0.1) is 0 Å². The summed E-state index contributed by atoms with van der Waals surface area (Å²) in [5, 5.41) is 22.4. The summed E-state index contributed by atoms with van der Waals surface area (Å²) in [5.74, 6) is 3.19. The fourth-order valence-corrected chi connectivity index (χ4v) is 7.27. The monoisotopic (exact) mass is 609 g/mol. The molecule has 0 spiro atoms. The molecule has 8 nitrogen and oxygen atoms in total. The minimum absolute atomic E-state index is 0.00515. The number of hydrogen-bond donors (Lipinski definition) is 2. The van der Waals surface area contributed by atoms with Gasteiger partial charge >= 0.3 is 0 Å². The van der Waals surface area contributed by atoms with E-state index in [-0.39, 0.29) is 23.6 Å². The first kappa shape index (κ1) is 29.3. The molecular weight excluding hydrogens is 568 g/mol. The van der Waals surface area contributed by atoms with E-state index in [0.29, 0.717) is 40.9 Å². The summed E-state index contributed by atoms with van der Waals surface area (Å²) in [6.45, 7) is 1.83. The van der Waals surface area contributed by atoms with E-state index >= 15 is 0 Å². The number of nitrogens with zero attached hydrogens (tertiary/aromatic N) is 2. The van der Waals surface area contributed by atoms with Crippen LogP contribution in [0.3, 0.4) is 0 Å². The first-order valence-corrected chi connectivity index (χ1v) is 15.6. The maximum Gasteiger partial charge on any atom is 0.201 e. The maximum atomic E-state index is 11.7. The zero-order valence-electron chi connectivity index (χ0n) is 26.6. The van der Waals surface area contributed by atoms with Gasteiger partial charge in [-0.3, -0.25) is 4.90 Å². The van der Waals surface area contributed by atoms with Crippen molar-refractivity contribution in [3.8, 4) is 46.0 Å². The molecule has 0 fully saturated rings. The van der Waals surface area contributed by atoms with Crippen molar-refractivity contribution in [2.75, 3.05) is 48.5 Å². The molecule has 234 valence electrons. The van der Waals surface area contributed by atoms with Crippen LogP contribution in [-0.2, 0) is 25.7 Å². The minimum Gasteiger partial charge on any atom is -0.504 e. The van der Waals surface area contributed by atoms with E-state index in [2.05, 4.69) is 50.3 Å².